The van der Waals surface area contributed by atoms with Crippen LogP contribution in [0.2, 0.25) is 10.0 Å². The van der Waals surface area contributed by atoms with Crippen LogP contribution in [0.4, 0.5) is 5.69 Å². The number of hydrogen-bond acceptors (Lipinski definition) is 2. The molecular formula is C16H18Cl2N2O2. The molecule has 1 aromatic rings. The third-order valence-corrected chi connectivity index (χ3v) is 4.24. The van der Waals surface area contributed by atoms with Crippen molar-refractivity contribution in [2.24, 2.45) is 0 Å². The zero-order valence-electron chi connectivity index (χ0n) is 12.1. The second-order valence-electron chi connectivity index (χ2n) is 5.20. The van der Waals surface area contributed by atoms with Gasteiger partial charge in [-0.25, -0.2) is 0 Å². The molecule has 0 atom stereocenters. The van der Waals surface area contributed by atoms with Gasteiger partial charge in [-0.3, -0.25) is 9.59 Å². The fourth-order valence-corrected chi connectivity index (χ4v) is 2.61. The van der Waals surface area contributed by atoms with E-state index in [1.54, 1.807) is 12.1 Å². The number of carbonyl (C=O) groups is 2. The van der Waals surface area contributed by atoms with Crippen molar-refractivity contribution in [3.63, 3.8) is 0 Å². The number of allylic oxidation sites excluding steroid dienone is 1. The van der Waals surface area contributed by atoms with Gasteiger partial charge in [0.1, 0.15) is 0 Å². The first-order valence-electron chi connectivity index (χ1n) is 7.28. The van der Waals surface area contributed by atoms with E-state index in [0.29, 0.717) is 22.3 Å². The number of benzene rings is 1. The van der Waals surface area contributed by atoms with E-state index < -0.39 is 11.8 Å². The van der Waals surface area contributed by atoms with Crippen LogP contribution < -0.4 is 10.6 Å². The molecule has 0 saturated carbocycles. The molecule has 2 N–H and O–H groups in total. The van der Waals surface area contributed by atoms with Crippen LogP contribution in [0.1, 0.15) is 32.1 Å². The van der Waals surface area contributed by atoms with Crippen LogP contribution in [0.25, 0.3) is 0 Å². The number of amides is 2. The van der Waals surface area contributed by atoms with E-state index in [2.05, 4.69) is 16.7 Å². The summed E-state index contributed by atoms with van der Waals surface area (Å²) in [5, 5.41) is 5.83. The molecule has 6 heteroatoms. The molecular weight excluding hydrogens is 323 g/mol. The Balaban J connectivity index is 1.78. The molecule has 2 rings (SSSR count). The smallest absolute Gasteiger partial charge is 0.313 e. The lowest BCUT2D eigenvalue weighted by molar-refractivity contribution is -0.136. The van der Waals surface area contributed by atoms with Gasteiger partial charge in [0.05, 0.1) is 10.0 Å². The van der Waals surface area contributed by atoms with Crippen LogP contribution in [0.3, 0.4) is 0 Å². The number of halogens is 2. The Kier molecular flexibility index (Phi) is 6.28. The van der Waals surface area contributed by atoms with Gasteiger partial charge in [0.2, 0.25) is 0 Å². The Labute approximate surface area is 139 Å². The maximum atomic E-state index is 11.8. The maximum Gasteiger partial charge on any atom is 0.313 e. The zero-order chi connectivity index (χ0) is 15.9. The van der Waals surface area contributed by atoms with Gasteiger partial charge in [0, 0.05) is 12.2 Å². The highest BCUT2D eigenvalue weighted by atomic mass is 35.5. The van der Waals surface area contributed by atoms with E-state index in [0.717, 1.165) is 19.3 Å². The van der Waals surface area contributed by atoms with Gasteiger partial charge in [0.15, 0.2) is 0 Å². The predicted molar refractivity (Wildman–Crippen MR) is 89.3 cm³/mol. The van der Waals surface area contributed by atoms with Gasteiger partial charge < -0.3 is 10.6 Å². The molecule has 22 heavy (non-hydrogen) atoms. The summed E-state index contributed by atoms with van der Waals surface area (Å²) in [6, 6.07) is 4.65. The van der Waals surface area contributed by atoms with Crippen molar-refractivity contribution in [3.8, 4) is 0 Å². The number of hydrogen-bond donors (Lipinski definition) is 2. The third-order valence-electron chi connectivity index (χ3n) is 3.50. The lowest BCUT2D eigenvalue weighted by atomic mass is 9.97. The normalized spacial score (nSPS) is 14.2. The molecule has 0 radical (unpaired) electrons. The summed E-state index contributed by atoms with van der Waals surface area (Å²) in [7, 11) is 0. The largest absolute Gasteiger partial charge is 0.348 e. The average Bonchev–Trinajstić information content (AvgIpc) is 2.52. The van der Waals surface area contributed by atoms with Gasteiger partial charge in [0.25, 0.3) is 0 Å². The van der Waals surface area contributed by atoms with E-state index in [-0.39, 0.29) is 0 Å². The Morgan fingerprint density at radius 1 is 1.09 bits per heavy atom. The van der Waals surface area contributed by atoms with Crippen molar-refractivity contribution in [1.29, 1.82) is 0 Å². The first-order valence-corrected chi connectivity index (χ1v) is 8.04. The average molecular weight is 341 g/mol. The zero-order valence-corrected chi connectivity index (χ0v) is 13.6. The first-order chi connectivity index (χ1) is 10.6. The molecule has 1 aliphatic rings. The van der Waals surface area contributed by atoms with E-state index in [1.165, 1.54) is 24.5 Å². The van der Waals surface area contributed by atoms with Gasteiger partial charge in [-0.05, 0) is 50.3 Å². The number of nitrogens with one attached hydrogen (secondary N) is 2. The summed E-state index contributed by atoms with van der Waals surface area (Å²) in [5.74, 6) is -1.36. The minimum absolute atomic E-state index is 0.323. The maximum absolute atomic E-state index is 11.8. The van der Waals surface area contributed by atoms with Crippen LogP contribution >= 0.6 is 23.2 Å². The summed E-state index contributed by atoms with van der Waals surface area (Å²) in [6.45, 7) is 0.472. The van der Waals surface area contributed by atoms with E-state index in [1.807, 2.05) is 0 Å². The number of carbonyl (C=O) groups excluding carboxylic acids is 2. The van der Waals surface area contributed by atoms with Gasteiger partial charge in [-0.15, -0.1) is 0 Å². The molecule has 0 heterocycles. The molecule has 0 bridgehead atoms. The fourth-order valence-electron chi connectivity index (χ4n) is 2.31. The topological polar surface area (TPSA) is 58.2 Å². The standard InChI is InChI=1S/C16H18Cl2N2O2/c17-13-7-6-12(10-14(13)18)20-16(22)15(21)19-9-8-11-4-2-1-3-5-11/h4,6-7,10H,1-3,5,8-9H2,(H,19,21)(H,20,22). The Morgan fingerprint density at radius 3 is 2.59 bits per heavy atom. The van der Waals surface area contributed by atoms with Crippen molar-refractivity contribution in [2.45, 2.75) is 32.1 Å². The molecule has 0 aliphatic heterocycles. The Hall–Kier alpha value is -1.52. The lowest BCUT2D eigenvalue weighted by Crippen LogP contribution is -2.36. The monoisotopic (exact) mass is 340 g/mol. The van der Waals surface area contributed by atoms with Crippen molar-refractivity contribution in [2.75, 3.05) is 11.9 Å². The van der Waals surface area contributed by atoms with E-state index in [4.69, 9.17) is 23.2 Å². The summed E-state index contributed by atoms with van der Waals surface area (Å²) in [6.07, 6.45) is 7.67. The van der Waals surface area contributed by atoms with Gasteiger partial charge in [-0.2, -0.15) is 0 Å². The quantitative estimate of drug-likeness (QED) is 0.644. The Morgan fingerprint density at radius 2 is 1.91 bits per heavy atom. The first kappa shape index (κ1) is 16.8. The third kappa shape index (κ3) is 5.04. The highest BCUT2D eigenvalue weighted by molar-refractivity contribution is 6.42. The fraction of sp³-hybridized carbons (Fsp3) is 0.375. The molecule has 118 valence electrons. The number of anilines is 1. The highest BCUT2D eigenvalue weighted by Gasteiger charge is 2.14. The molecule has 4 nitrogen and oxygen atoms in total. The van der Waals surface area contributed by atoms with E-state index in [9.17, 15) is 9.59 Å². The Bertz CT molecular complexity index is 600. The molecule has 1 aliphatic carbocycles. The van der Waals surface area contributed by atoms with Crippen molar-refractivity contribution in [3.05, 3.63) is 39.9 Å². The summed E-state index contributed by atoms with van der Waals surface area (Å²) < 4.78 is 0. The minimum atomic E-state index is -0.712. The van der Waals surface area contributed by atoms with Crippen LogP contribution in [0.15, 0.2) is 29.8 Å². The number of rotatable bonds is 4. The molecule has 1 aromatic carbocycles. The van der Waals surface area contributed by atoms with Gasteiger partial charge in [-0.1, -0.05) is 34.9 Å². The molecule has 0 spiro atoms. The predicted octanol–water partition coefficient (Wildman–Crippen LogP) is 3.94. The highest BCUT2D eigenvalue weighted by Crippen LogP contribution is 2.25. The molecule has 0 aromatic heterocycles. The molecule has 0 saturated heterocycles. The lowest BCUT2D eigenvalue weighted by Gasteiger charge is -2.13. The van der Waals surface area contributed by atoms with Crippen molar-refractivity contribution >= 4 is 40.7 Å². The van der Waals surface area contributed by atoms with Crippen LogP contribution in [-0.4, -0.2) is 18.4 Å². The van der Waals surface area contributed by atoms with Crippen LogP contribution in [0.5, 0.6) is 0 Å². The second-order valence-corrected chi connectivity index (χ2v) is 6.01. The minimum Gasteiger partial charge on any atom is -0.348 e. The SMILES string of the molecule is O=C(NCCC1=CCCCC1)C(=O)Nc1ccc(Cl)c(Cl)c1. The summed E-state index contributed by atoms with van der Waals surface area (Å²) in [4.78, 5) is 23.5. The van der Waals surface area contributed by atoms with Crippen LogP contribution in [-0.2, 0) is 9.59 Å². The van der Waals surface area contributed by atoms with E-state index >= 15 is 0 Å². The van der Waals surface area contributed by atoms with Gasteiger partial charge >= 0.3 is 11.8 Å². The summed E-state index contributed by atoms with van der Waals surface area (Å²) in [5.41, 5.74) is 1.79. The molecule has 0 fully saturated rings. The summed E-state index contributed by atoms with van der Waals surface area (Å²) >= 11 is 11.6. The molecule has 2 amide bonds. The van der Waals surface area contributed by atoms with Crippen molar-refractivity contribution < 1.29 is 9.59 Å². The molecule has 0 unspecified atom stereocenters. The van der Waals surface area contributed by atoms with Crippen molar-refractivity contribution in [1.82, 2.24) is 5.32 Å². The van der Waals surface area contributed by atoms with Crippen LogP contribution in [0, 0.1) is 0 Å². The second kappa shape index (κ2) is 8.20.